The zero-order valence-corrected chi connectivity index (χ0v) is 9.15. The normalized spacial score (nSPS) is 19.2. The van der Waals surface area contributed by atoms with Crippen LogP contribution in [0, 0.1) is 0 Å². The van der Waals surface area contributed by atoms with Gasteiger partial charge in [0.15, 0.2) is 0 Å². The maximum atomic E-state index is 9.81. The second-order valence-corrected chi connectivity index (χ2v) is 5.12. The average molecular weight is 211 g/mol. The minimum Gasteiger partial charge on any atom is -0.389 e. The molecule has 2 rings (SSSR count). The van der Waals surface area contributed by atoms with Crippen molar-refractivity contribution < 1.29 is 5.11 Å². The highest BCUT2D eigenvalue weighted by molar-refractivity contribution is 7.09. The van der Waals surface area contributed by atoms with E-state index in [1.54, 1.807) is 11.3 Å². The highest BCUT2D eigenvalue weighted by atomic mass is 32.1. The van der Waals surface area contributed by atoms with Crippen molar-refractivity contribution in [1.29, 1.82) is 0 Å². The van der Waals surface area contributed by atoms with Crippen LogP contribution in [0.4, 0.5) is 0 Å². The Hall–Kier alpha value is -0.380. The predicted molar refractivity (Wildman–Crippen MR) is 59.7 cm³/mol. The van der Waals surface area contributed by atoms with E-state index in [1.165, 1.54) is 11.3 Å². The van der Waals surface area contributed by atoms with E-state index in [1.807, 2.05) is 0 Å². The van der Waals surface area contributed by atoms with Crippen molar-refractivity contribution in [3.05, 3.63) is 22.4 Å². The summed E-state index contributed by atoms with van der Waals surface area (Å²) in [6.07, 6.45) is 4.20. The summed E-state index contributed by atoms with van der Waals surface area (Å²) >= 11 is 1.80. The first-order chi connectivity index (χ1) is 6.79. The van der Waals surface area contributed by atoms with Crippen molar-refractivity contribution >= 4 is 11.3 Å². The van der Waals surface area contributed by atoms with Gasteiger partial charge in [0, 0.05) is 18.0 Å². The molecule has 0 radical (unpaired) electrons. The monoisotopic (exact) mass is 211 g/mol. The molecule has 2 N–H and O–H groups in total. The Kier molecular flexibility index (Phi) is 3.21. The Bertz CT molecular complexity index is 267. The van der Waals surface area contributed by atoms with Crippen LogP contribution in [0.3, 0.4) is 0 Å². The summed E-state index contributed by atoms with van der Waals surface area (Å²) in [6, 6.07) is 4.24. The van der Waals surface area contributed by atoms with E-state index >= 15 is 0 Å². The molecule has 0 unspecified atom stereocenters. The van der Waals surface area contributed by atoms with Gasteiger partial charge in [-0.25, -0.2) is 0 Å². The van der Waals surface area contributed by atoms with Gasteiger partial charge < -0.3 is 10.4 Å². The number of hydrogen-bond acceptors (Lipinski definition) is 3. The summed E-state index contributed by atoms with van der Waals surface area (Å²) in [6.45, 7) is 1.74. The molecule has 78 valence electrons. The van der Waals surface area contributed by atoms with Gasteiger partial charge in [-0.3, -0.25) is 0 Å². The first kappa shape index (κ1) is 10.1. The number of aliphatic hydroxyl groups is 1. The smallest absolute Gasteiger partial charge is 0.0771 e. The molecule has 0 atom stereocenters. The molecule has 0 bridgehead atoms. The number of hydrogen-bond donors (Lipinski definition) is 2. The molecule has 1 aliphatic rings. The Labute approximate surface area is 89.0 Å². The van der Waals surface area contributed by atoms with Crippen LogP contribution in [0.2, 0.25) is 0 Å². The molecule has 3 heteroatoms. The van der Waals surface area contributed by atoms with Gasteiger partial charge in [0.25, 0.3) is 0 Å². The molecule has 0 spiro atoms. The average Bonchev–Trinajstić information content (AvgIpc) is 2.62. The van der Waals surface area contributed by atoms with Crippen LogP contribution in [-0.2, 0) is 6.42 Å². The molecule has 0 amide bonds. The SMILES string of the molecule is OC1(CNCCc2cccs2)CCC1. The zero-order valence-electron chi connectivity index (χ0n) is 8.33. The molecule has 1 aromatic heterocycles. The molecule has 14 heavy (non-hydrogen) atoms. The minimum atomic E-state index is -0.380. The van der Waals surface area contributed by atoms with Crippen LogP contribution >= 0.6 is 11.3 Å². The van der Waals surface area contributed by atoms with Gasteiger partial charge in [-0.2, -0.15) is 0 Å². The van der Waals surface area contributed by atoms with E-state index in [-0.39, 0.29) is 5.60 Å². The van der Waals surface area contributed by atoms with E-state index in [4.69, 9.17) is 0 Å². The maximum Gasteiger partial charge on any atom is 0.0771 e. The molecule has 2 nitrogen and oxygen atoms in total. The van der Waals surface area contributed by atoms with Gasteiger partial charge in [0.2, 0.25) is 0 Å². The van der Waals surface area contributed by atoms with Gasteiger partial charge >= 0.3 is 0 Å². The van der Waals surface area contributed by atoms with Crippen LogP contribution in [-0.4, -0.2) is 23.8 Å². The van der Waals surface area contributed by atoms with Crippen LogP contribution in [0.5, 0.6) is 0 Å². The molecule has 1 aliphatic carbocycles. The summed E-state index contributed by atoms with van der Waals surface area (Å²) in [5.74, 6) is 0. The third-order valence-electron chi connectivity index (χ3n) is 2.87. The summed E-state index contributed by atoms with van der Waals surface area (Å²) in [5, 5.41) is 15.2. The fraction of sp³-hybridized carbons (Fsp3) is 0.636. The summed E-state index contributed by atoms with van der Waals surface area (Å²) in [7, 11) is 0. The lowest BCUT2D eigenvalue weighted by Gasteiger charge is -2.36. The van der Waals surface area contributed by atoms with E-state index in [2.05, 4.69) is 22.8 Å². The molecule has 1 saturated carbocycles. The predicted octanol–water partition coefficient (Wildman–Crippen LogP) is 1.80. The largest absolute Gasteiger partial charge is 0.389 e. The molecule has 1 heterocycles. The summed E-state index contributed by atoms with van der Waals surface area (Å²) in [5.41, 5.74) is -0.380. The van der Waals surface area contributed by atoms with Crippen LogP contribution < -0.4 is 5.32 Å². The Morgan fingerprint density at radius 1 is 1.50 bits per heavy atom. The lowest BCUT2D eigenvalue weighted by atomic mass is 9.80. The van der Waals surface area contributed by atoms with Crippen molar-refractivity contribution in [2.24, 2.45) is 0 Å². The lowest BCUT2D eigenvalue weighted by molar-refractivity contribution is -0.0310. The third kappa shape index (κ3) is 2.56. The Morgan fingerprint density at radius 2 is 2.36 bits per heavy atom. The minimum absolute atomic E-state index is 0.380. The molecule has 0 aliphatic heterocycles. The van der Waals surface area contributed by atoms with Gasteiger partial charge in [-0.05, 0) is 37.1 Å². The van der Waals surface area contributed by atoms with Gasteiger partial charge in [0.05, 0.1) is 5.60 Å². The van der Waals surface area contributed by atoms with Gasteiger partial charge in [-0.1, -0.05) is 6.07 Å². The number of rotatable bonds is 5. The standard InChI is InChI=1S/C11H17NOS/c13-11(5-2-6-11)9-12-7-4-10-3-1-8-14-10/h1,3,8,12-13H,2,4-7,9H2. The van der Waals surface area contributed by atoms with Crippen molar-refractivity contribution in [1.82, 2.24) is 5.32 Å². The highest BCUT2D eigenvalue weighted by Crippen LogP contribution is 2.30. The first-order valence-corrected chi connectivity index (χ1v) is 6.12. The molecule has 1 aromatic rings. The molecular weight excluding hydrogens is 194 g/mol. The van der Waals surface area contributed by atoms with Crippen LogP contribution in [0.25, 0.3) is 0 Å². The topological polar surface area (TPSA) is 32.3 Å². The molecule has 0 aromatic carbocycles. The van der Waals surface area contributed by atoms with Crippen molar-refractivity contribution in [3.63, 3.8) is 0 Å². The molecule has 0 saturated heterocycles. The van der Waals surface area contributed by atoms with E-state index < -0.39 is 0 Å². The van der Waals surface area contributed by atoms with Crippen LogP contribution in [0.1, 0.15) is 24.1 Å². The van der Waals surface area contributed by atoms with E-state index in [0.717, 1.165) is 32.4 Å². The zero-order chi connectivity index (χ0) is 9.86. The summed E-state index contributed by atoms with van der Waals surface area (Å²) in [4.78, 5) is 1.41. The fourth-order valence-corrected chi connectivity index (χ4v) is 2.46. The molecule has 1 fully saturated rings. The third-order valence-corrected chi connectivity index (χ3v) is 3.80. The van der Waals surface area contributed by atoms with Gasteiger partial charge in [0.1, 0.15) is 0 Å². The molecular formula is C11H17NOS. The Balaban J connectivity index is 1.59. The maximum absolute atomic E-state index is 9.81. The number of nitrogens with one attached hydrogen (secondary N) is 1. The highest BCUT2D eigenvalue weighted by Gasteiger charge is 2.33. The lowest BCUT2D eigenvalue weighted by Crippen LogP contribution is -2.46. The fourth-order valence-electron chi connectivity index (χ4n) is 1.75. The summed E-state index contributed by atoms with van der Waals surface area (Å²) < 4.78 is 0. The first-order valence-electron chi connectivity index (χ1n) is 5.24. The van der Waals surface area contributed by atoms with Gasteiger partial charge in [-0.15, -0.1) is 11.3 Å². The quantitative estimate of drug-likeness (QED) is 0.728. The van der Waals surface area contributed by atoms with E-state index in [9.17, 15) is 5.11 Å². The van der Waals surface area contributed by atoms with Crippen molar-refractivity contribution in [3.8, 4) is 0 Å². The second-order valence-electron chi connectivity index (χ2n) is 4.08. The van der Waals surface area contributed by atoms with Crippen molar-refractivity contribution in [2.75, 3.05) is 13.1 Å². The van der Waals surface area contributed by atoms with Crippen LogP contribution in [0.15, 0.2) is 17.5 Å². The van der Waals surface area contributed by atoms with Crippen molar-refractivity contribution in [2.45, 2.75) is 31.3 Å². The second kappa shape index (κ2) is 4.43. The number of thiophene rings is 1. The van der Waals surface area contributed by atoms with E-state index in [0.29, 0.717) is 0 Å². The Morgan fingerprint density at radius 3 is 2.93 bits per heavy atom.